The molecule has 0 spiro atoms. The van der Waals surface area contributed by atoms with Crippen molar-refractivity contribution in [3.05, 3.63) is 0 Å². The molecule has 1 atom stereocenters. The Balaban J connectivity index is 2.04. The monoisotopic (exact) mass is 230 g/mol. The van der Waals surface area contributed by atoms with Crippen molar-refractivity contribution in [2.45, 2.75) is 39.3 Å². The smallest absolute Gasteiger partial charge is 0.322 e. The van der Waals surface area contributed by atoms with E-state index in [9.17, 15) is 4.79 Å². The number of carbonyl (C=O) groups excluding carboxylic acids is 1. The Bertz CT molecular complexity index is 264. The number of hydrogen-bond acceptors (Lipinski definition) is 5. The molecule has 0 aromatic rings. The zero-order valence-corrected chi connectivity index (χ0v) is 9.95. The van der Waals surface area contributed by atoms with Gasteiger partial charge in [-0.25, -0.2) is 0 Å². The van der Waals surface area contributed by atoms with E-state index in [1.807, 2.05) is 0 Å². The maximum absolute atomic E-state index is 10.9. The highest BCUT2D eigenvalue weighted by molar-refractivity contribution is 5.66. The molecule has 1 unspecified atom stereocenters. The molecule has 3 saturated heterocycles. The molecule has 3 rings (SSSR count). The van der Waals surface area contributed by atoms with Gasteiger partial charge in [0.05, 0.1) is 19.8 Å². The minimum atomic E-state index is -1.19. The van der Waals surface area contributed by atoms with E-state index in [2.05, 4.69) is 6.92 Å². The van der Waals surface area contributed by atoms with Crippen LogP contribution >= 0.6 is 0 Å². The van der Waals surface area contributed by atoms with Gasteiger partial charge < -0.3 is 18.9 Å². The molecule has 0 saturated carbocycles. The number of ether oxygens (including phenoxy) is 4. The maximum atomic E-state index is 10.9. The fourth-order valence-electron chi connectivity index (χ4n) is 1.99. The van der Waals surface area contributed by atoms with E-state index >= 15 is 0 Å². The summed E-state index contributed by atoms with van der Waals surface area (Å²) in [6.07, 6.45) is 0.394. The van der Waals surface area contributed by atoms with Crippen LogP contribution in [0.1, 0.15) is 27.2 Å². The average molecular weight is 230 g/mol. The molecular formula is C11H18O5. The second kappa shape index (κ2) is 3.98. The third-order valence-electron chi connectivity index (χ3n) is 3.33. The van der Waals surface area contributed by atoms with Gasteiger partial charge in [-0.1, -0.05) is 6.92 Å². The fourth-order valence-corrected chi connectivity index (χ4v) is 1.99. The Hall–Kier alpha value is -0.650. The number of esters is 1. The van der Waals surface area contributed by atoms with Gasteiger partial charge in [0.15, 0.2) is 6.10 Å². The zero-order valence-electron chi connectivity index (χ0n) is 9.95. The summed E-state index contributed by atoms with van der Waals surface area (Å²) in [4.78, 5) is 10.9. The van der Waals surface area contributed by atoms with Crippen LogP contribution < -0.4 is 0 Å². The Morgan fingerprint density at radius 3 is 2.19 bits per heavy atom. The second-order valence-electron chi connectivity index (χ2n) is 4.57. The Kier molecular flexibility index (Phi) is 2.94. The van der Waals surface area contributed by atoms with E-state index in [0.29, 0.717) is 19.8 Å². The highest BCUT2D eigenvalue weighted by Gasteiger charge is 2.56. The van der Waals surface area contributed by atoms with Crippen LogP contribution in [0.25, 0.3) is 0 Å². The maximum Gasteiger partial charge on any atom is 0.322 e. The first-order chi connectivity index (χ1) is 7.52. The fraction of sp³-hybridized carbons (Fsp3) is 0.909. The van der Waals surface area contributed by atoms with Crippen LogP contribution in [0.3, 0.4) is 0 Å². The zero-order chi connectivity index (χ0) is 11.8. The standard InChI is InChI=1S/C11H18O5/c1-4-10-5-13-11(14-6-10,15-7-10)8(2)16-9(3)12/h8H,4-7H2,1-3H3. The van der Waals surface area contributed by atoms with E-state index in [4.69, 9.17) is 18.9 Å². The SMILES string of the molecule is CCC12COC(C(C)OC(C)=O)(OC1)OC2. The molecular weight excluding hydrogens is 212 g/mol. The minimum Gasteiger partial charge on any atom is -0.454 e. The van der Waals surface area contributed by atoms with Crippen molar-refractivity contribution < 1.29 is 23.7 Å². The lowest BCUT2D eigenvalue weighted by Crippen LogP contribution is -2.64. The number of hydrogen-bond donors (Lipinski definition) is 0. The molecule has 3 aliphatic heterocycles. The third-order valence-corrected chi connectivity index (χ3v) is 3.33. The van der Waals surface area contributed by atoms with Crippen molar-refractivity contribution in [3.63, 3.8) is 0 Å². The van der Waals surface area contributed by atoms with Gasteiger partial charge in [-0.05, 0) is 13.3 Å². The van der Waals surface area contributed by atoms with E-state index in [-0.39, 0.29) is 11.4 Å². The van der Waals surface area contributed by atoms with Crippen molar-refractivity contribution in [2.24, 2.45) is 5.41 Å². The summed E-state index contributed by atoms with van der Waals surface area (Å²) in [6, 6.07) is 0. The van der Waals surface area contributed by atoms with Gasteiger partial charge in [0, 0.05) is 12.3 Å². The summed E-state index contributed by atoms with van der Waals surface area (Å²) >= 11 is 0. The van der Waals surface area contributed by atoms with Crippen LogP contribution in [-0.4, -0.2) is 37.9 Å². The van der Waals surface area contributed by atoms with Gasteiger partial charge in [-0.3, -0.25) is 4.79 Å². The van der Waals surface area contributed by atoms with Gasteiger partial charge >= 0.3 is 11.9 Å². The summed E-state index contributed by atoms with van der Waals surface area (Å²) in [6.45, 7) is 6.93. The van der Waals surface area contributed by atoms with Crippen molar-refractivity contribution in [1.82, 2.24) is 0 Å². The molecule has 3 fully saturated rings. The van der Waals surface area contributed by atoms with Crippen LogP contribution in [0, 0.1) is 5.41 Å². The molecule has 3 heterocycles. The lowest BCUT2D eigenvalue weighted by molar-refractivity contribution is -0.488. The third kappa shape index (κ3) is 1.83. The molecule has 5 heteroatoms. The number of carbonyl (C=O) groups is 1. The van der Waals surface area contributed by atoms with E-state index in [1.54, 1.807) is 6.92 Å². The summed E-state index contributed by atoms with van der Waals surface area (Å²) in [5, 5.41) is 0. The van der Waals surface area contributed by atoms with Crippen LogP contribution in [-0.2, 0) is 23.7 Å². The van der Waals surface area contributed by atoms with Crippen LogP contribution in [0.4, 0.5) is 0 Å². The highest BCUT2D eigenvalue weighted by Crippen LogP contribution is 2.42. The summed E-state index contributed by atoms with van der Waals surface area (Å²) in [5.41, 5.74) is -0.0301. The Morgan fingerprint density at radius 2 is 1.81 bits per heavy atom. The molecule has 2 bridgehead atoms. The second-order valence-corrected chi connectivity index (χ2v) is 4.57. The van der Waals surface area contributed by atoms with Gasteiger partial charge in [0.2, 0.25) is 0 Å². The molecule has 92 valence electrons. The molecule has 16 heavy (non-hydrogen) atoms. The van der Waals surface area contributed by atoms with Gasteiger partial charge in [0.1, 0.15) is 0 Å². The van der Waals surface area contributed by atoms with Crippen LogP contribution in [0.5, 0.6) is 0 Å². The molecule has 0 aromatic heterocycles. The number of fused-ring (bicyclic) bond motifs is 3. The quantitative estimate of drug-likeness (QED) is 0.679. The molecule has 0 amide bonds. The molecule has 0 aliphatic carbocycles. The molecule has 5 nitrogen and oxygen atoms in total. The lowest BCUT2D eigenvalue weighted by atomic mass is 9.86. The molecule has 0 N–H and O–H groups in total. The summed E-state index contributed by atoms with van der Waals surface area (Å²) in [5.74, 6) is -1.56. The first-order valence-corrected chi connectivity index (χ1v) is 5.61. The van der Waals surface area contributed by atoms with Crippen molar-refractivity contribution in [2.75, 3.05) is 19.8 Å². The topological polar surface area (TPSA) is 54.0 Å². The number of rotatable bonds is 3. The van der Waals surface area contributed by atoms with Gasteiger partial charge in [0.25, 0.3) is 0 Å². The predicted octanol–water partition coefficient (Wildman–Crippen LogP) is 1.07. The van der Waals surface area contributed by atoms with Crippen LogP contribution in [0.2, 0.25) is 0 Å². The Morgan fingerprint density at radius 1 is 1.31 bits per heavy atom. The van der Waals surface area contributed by atoms with Crippen molar-refractivity contribution >= 4 is 5.97 Å². The minimum absolute atomic E-state index is 0.0301. The molecule has 0 aromatic carbocycles. The first kappa shape index (κ1) is 11.8. The largest absolute Gasteiger partial charge is 0.454 e. The van der Waals surface area contributed by atoms with E-state index < -0.39 is 12.1 Å². The normalized spacial score (nSPS) is 39.4. The predicted molar refractivity (Wildman–Crippen MR) is 54.5 cm³/mol. The highest BCUT2D eigenvalue weighted by atomic mass is 16.9. The average Bonchev–Trinajstić information content (AvgIpc) is 2.30. The summed E-state index contributed by atoms with van der Waals surface area (Å²) < 4.78 is 21.9. The van der Waals surface area contributed by atoms with Gasteiger partial charge in [-0.15, -0.1) is 0 Å². The Labute approximate surface area is 95.0 Å². The van der Waals surface area contributed by atoms with Crippen LogP contribution in [0.15, 0.2) is 0 Å². The van der Waals surface area contributed by atoms with Crippen molar-refractivity contribution in [1.29, 1.82) is 0 Å². The molecule has 0 radical (unpaired) electrons. The summed E-state index contributed by atoms with van der Waals surface area (Å²) in [7, 11) is 0. The van der Waals surface area contributed by atoms with Gasteiger partial charge in [-0.2, -0.15) is 0 Å². The van der Waals surface area contributed by atoms with Crippen molar-refractivity contribution in [3.8, 4) is 0 Å². The lowest BCUT2D eigenvalue weighted by Gasteiger charge is -2.52. The van der Waals surface area contributed by atoms with E-state index in [0.717, 1.165) is 6.42 Å². The molecule has 3 aliphatic rings. The first-order valence-electron chi connectivity index (χ1n) is 5.61. The van der Waals surface area contributed by atoms with E-state index in [1.165, 1.54) is 6.92 Å².